The first-order valence-electron chi connectivity index (χ1n) is 11.9. The quantitative estimate of drug-likeness (QED) is 0.409. The summed E-state index contributed by atoms with van der Waals surface area (Å²) in [6.07, 6.45) is -2.65. The zero-order valence-corrected chi connectivity index (χ0v) is 20.8. The molecular weight excluding hydrogens is 526 g/mol. The predicted octanol–water partition coefficient (Wildman–Crippen LogP) is 4.28. The summed E-state index contributed by atoms with van der Waals surface area (Å²) in [5.41, 5.74) is 0.600. The third kappa shape index (κ3) is 5.20. The van der Waals surface area contributed by atoms with Crippen molar-refractivity contribution in [2.24, 2.45) is 5.92 Å². The highest BCUT2D eigenvalue weighted by Gasteiger charge is 2.52. The monoisotopic (exact) mass is 549 g/mol. The molecule has 0 N–H and O–H groups in total. The van der Waals surface area contributed by atoms with Crippen LogP contribution in [-0.2, 0) is 32.2 Å². The summed E-state index contributed by atoms with van der Waals surface area (Å²) in [5, 5.41) is 0. The number of carbonyl (C=O) groups excluding carboxylic acids is 1. The molecule has 1 aromatic heterocycles. The molecule has 3 atom stereocenters. The molecule has 0 amide bonds. The highest BCUT2D eigenvalue weighted by molar-refractivity contribution is 7.89. The smallest absolute Gasteiger partial charge is 0.379 e. The molecule has 12 heteroatoms. The minimum absolute atomic E-state index is 0.00384. The molecule has 38 heavy (non-hydrogen) atoms. The minimum Gasteiger partial charge on any atom is -0.379 e. The van der Waals surface area contributed by atoms with Gasteiger partial charge in [-0.15, -0.1) is 0 Å². The van der Waals surface area contributed by atoms with Gasteiger partial charge in [-0.1, -0.05) is 12.1 Å². The van der Waals surface area contributed by atoms with Crippen LogP contribution in [-0.4, -0.2) is 53.8 Å². The number of Topliss-reactive ketones (excluding diaryl/α,β-unsaturated/α-hetero) is 1. The van der Waals surface area contributed by atoms with Crippen molar-refractivity contribution in [1.29, 1.82) is 0 Å². The molecule has 3 aromatic rings. The topological polar surface area (TPSA) is 89.5 Å². The lowest BCUT2D eigenvalue weighted by Crippen LogP contribution is -2.46. The average Bonchev–Trinajstić information content (AvgIpc) is 3.49. The van der Waals surface area contributed by atoms with Gasteiger partial charge in [0.05, 0.1) is 41.5 Å². The van der Waals surface area contributed by atoms with Crippen LogP contribution >= 0.6 is 0 Å². The van der Waals surface area contributed by atoms with Crippen molar-refractivity contribution in [3.05, 3.63) is 78.0 Å². The number of carbonyl (C=O) groups is 1. The Kier molecular flexibility index (Phi) is 7.05. The molecule has 0 bridgehead atoms. The number of aryl methyl sites for hydroxylation is 1. The highest BCUT2D eigenvalue weighted by atomic mass is 32.2. The zero-order chi connectivity index (χ0) is 27.1. The first kappa shape index (κ1) is 26.4. The van der Waals surface area contributed by atoms with Crippen LogP contribution in [0.5, 0.6) is 0 Å². The lowest BCUT2D eigenvalue weighted by molar-refractivity contribution is -0.137. The van der Waals surface area contributed by atoms with Gasteiger partial charge in [0, 0.05) is 23.6 Å². The number of alkyl halides is 3. The number of benzene rings is 2. The zero-order valence-electron chi connectivity index (χ0n) is 19.9. The van der Waals surface area contributed by atoms with Crippen LogP contribution in [0, 0.1) is 11.7 Å². The van der Waals surface area contributed by atoms with Crippen molar-refractivity contribution in [2.45, 2.75) is 42.4 Å². The Morgan fingerprint density at radius 1 is 1.03 bits per heavy atom. The number of hydrogen-bond donors (Lipinski definition) is 0. The van der Waals surface area contributed by atoms with Crippen LogP contribution in [0.25, 0.3) is 11.3 Å². The van der Waals surface area contributed by atoms with Gasteiger partial charge in [0.25, 0.3) is 0 Å². The van der Waals surface area contributed by atoms with E-state index in [0.717, 1.165) is 24.3 Å². The maximum absolute atomic E-state index is 13.5. The third-order valence-corrected chi connectivity index (χ3v) is 8.89. The van der Waals surface area contributed by atoms with Gasteiger partial charge in [-0.05, 0) is 55.3 Å². The summed E-state index contributed by atoms with van der Waals surface area (Å²) in [6, 6.07) is 9.28. The van der Waals surface area contributed by atoms with Gasteiger partial charge in [-0.3, -0.25) is 4.79 Å². The number of fused-ring (bicyclic) bond motifs is 1. The largest absolute Gasteiger partial charge is 0.416 e. The molecule has 2 saturated heterocycles. The van der Waals surface area contributed by atoms with E-state index < -0.39 is 39.7 Å². The van der Waals surface area contributed by atoms with E-state index >= 15 is 0 Å². The van der Waals surface area contributed by atoms with Crippen molar-refractivity contribution in [3.63, 3.8) is 0 Å². The fourth-order valence-corrected chi connectivity index (χ4v) is 6.85. The van der Waals surface area contributed by atoms with E-state index in [0.29, 0.717) is 30.0 Å². The number of aromatic nitrogens is 2. The number of halogens is 4. The summed E-state index contributed by atoms with van der Waals surface area (Å²) >= 11 is 0. The van der Waals surface area contributed by atoms with Crippen LogP contribution in [0.4, 0.5) is 17.6 Å². The second-order valence-corrected chi connectivity index (χ2v) is 11.2. The summed E-state index contributed by atoms with van der Waals surface area (Å²) in [6.45, 7) is 0.531. The molecule has 2 aliphatic heterocycles. The lowest BCUT2D eigenvalue weighted by Gasteiger charge is -2.27. The molecule has 2 aromatic carbocycles. The van der Waals surface area contributed by atoms with Crippen molar-refractivity contribution >= 4 is 15.8 Å². The molecule has 2 aliphatic rings. The highest BCUT2D eigenvalue weighted by Crippen LogP contribution is 2.39. The molecule has 0 spiro atoms. The van der Waals surface area contributed by atoms with Gasteiger partial charge in [0.2, 0.25) is 10.0 Å². The average molecular weight is 550 g/mol. The molecule has 200 valence electrons. The van der Waals surface area contributed by atoms with Gasteiger partial charge < -0.3 is 4.74 Å². The van der Waals surface area contributed by atoms with Crippen molar-refractivity contribution in [2.75, 3.05) is 13.2 Å². The van der Waals surface area contributed by atoms with Gasteiger partial charge in [0.15, 0.2) is 5.78 Å². The predicted molar refractivity (Wildman–Crippen MR) is 128 cm³/mol. The van der Waals surface area contributed by atoms with E-state index in [2.05, 4.69) is 9.97 Å². The van der Waals surface area contributed by atoms with Gasteiger partial charge in [-0.2, -0.15) is 17.5 Å². The molecule has 3 heterocycles. The molecule has 7 nitrogen and oxygen atoms in total. The number of nitrogens with zero attached hydrogens (tertiary/aromatic N) is 3. The Hall–Kier alpha value is -3.22. The van der Waals surface area contributed by atoms with E-state index in [1.54, 1.807) is 6.07 Å². The Labute approximate surface area is 216 Å². The Morgan fingerprint density at radius 3 is 2.42 bits per heavy atom. The maximum atomic E-state index is 13.5. The molecule has 2 fully saturated rings. The first-order valence-corrected chi connectivity index (χ1v) is 13.4. The van der Waals surface area contributed by atoms with Crippen LogP contribution < -0.4 is 0 Å². The lowest BCUT2D eigenvalue weighted by atomic mass is 9.99. The first-order chi connectivity index (χ1) is 18.0. The number of sulfonamides is 1. The molecule has 0 saturated carbocycles. The summed E-state index contributed by atoms with van der Waals surface area (Å²) in [5.74, 6) is -0.968. The Bertz CT molecular complexity index is 1430. The van der Waals surface area contributed by atoms with E-state index in [9.17, 15) is 30.8 Å². The summed E-state index contributed by atoms with van der Waals surface area (Å²) in [7, 11) is -4.08. The second-order valence-electron chi connectivity index (χ2n) is 9.34. The molecule has 0 radical (unpaired) electrons. The second kappa shape index (κ2) is 10.2. The van der Waals surface area contributed by atoms with Crippen molar-refractivity contribution in [1.82, 2.24) is 14.3 Å². The molecule has 0 unspecified atom stereocenters. The van der Waals surface area contributed by atoms with Crippen LogP contribution in [0.2, 0.25) is 0 Å². The maximum Gasteiger partial charge on any atom is 0.416 e. The fraction of sp³-hybridized carbons (Fsp3) is 0.346. The molecule has 0 aliphatic carbocycles. The van der Waals surface area contributed by atoms with Gasteiger partial charge >= 0.3 is 6.18 Å². The van der Waals surface area contributed by atoms with Crippen LogP contribution in [0.1, 0.15) is 24.1 Å². The standard InChI is InChI=1S/C26H23F4N3O4S/c27-19-5-8-21(9-6-19)38(35,36)33-23(11-17-13-37-14-24(17)33)25(34)10-7-20-12-22(32-15-31-20)16-1-3-18(4-2-16)26(28,29)30/h1-6,8-9,12,15,17,23-24H,7,10-11,13-14H2/t17-,23+,24+/m0/s1. The number of hydrogen-bond acceptors (Lipinski definition) is 6. The van der Waals surface area contributed by atoms with Crippen molar-refractivity contribution in [3.8, 4) is 11.3 Å². The van der Waals surface area contributed by atoms with Gasteiger partial charge in [-0.25, -0.2) is 22.8 Å². The number of ketones is 1. The molecule has 5 rings (SSSR count). The normalized spacial score (nSPS) is 21.9. The molecular formula is C26H23F4N3O4S. The van der Waals surface area contributed by atoms with Gasteiger partial charge in [0.1, 0.15) is 12.1 Å². The number of ether oxygens (including phenoxy) is 1. The van der Waals surface area contributed by atoms with E-state index in [-0.39, 0.29) is 36.0 Å². The summed E-state index contributed by atoms with van der Waals surface area (Å²) < 4.78 is 85.6. The fourth-order valence-electron chi connectivity index (χ4n) is 5.00. The Balaban J connectivity index is 1.32. The number of rotatable bonds is 7. The summed E-state index contributed by atoms with van der Waals surface area (Å²) in [4.78, 5) is 21.5. The minimum atomic E-state index is -4.45. The van der Waals surface area contributed by atoms with Crippen LogP contribution in [0.15, 0.2) is 65.8 Å². The van der Waals surface area contributed by atoms with Crippen molar-refractivity contribution < 1.29 is 35.5 Å². The van der Waals surface area contributed by atoms with E-state index in [1.165, 1.54) is 34.9 Å². The van der Waals surface area contributed by atoms with Crippen LogP contribution in [0.3, 0.4) is 0 Å². The Morgan fingerprint density at radius 2 is 1.74 bits per heavy atom. The van der Waals surface area contributed by atoms with E-state index in [4.69, 9.17) is 4.74 Å². The van der Waals surface area contributed by atoms with E-state index in [1.807, 2.05) is 0 Å². The third-order valence-electron chi connectivity index (χ3n) is 6.94. The SMILES string of the molecule is O=C(CCc1cc(-c2ccc(C(F)(F)F)cc2)ncn1)[C@H]1C[C@H]2COC[C@H]2N1S(=O)(=O)c1ccc(F)cc1.